The number of hydrogen-bond acceptors (Lipinski definition) is 5. The molecule has 0 unspecified atom stereocenters. The molecule has 8 nitrogen and oxygen atoms in total. The fourth-order valence-electron chi connectivity index (χ4n) is 3.81. The molecule has 4 rings (SSSR count). The summed E-state index contributed by atoms with van der Waals surface area (Å²) in [6.07, 6.45) is 4.64. The number of sulfonamides is 1. The van der Waals surface area contributed by atoms with Crippen molar-refractivity contribution in [1.29, 1.82) is 0 Å². The zero-order chi connectivity index (χ0) is 19.2. The van der Waals surface area contributed by atoms with Gasteiger partial charge in [-0.1, -0.05) is 6.08 Å². The van der Waals surface area contributed by atoms with Crippen molar-refractivity contribution < 1.29 is 22.7 Å². The Morgan fingerprint density at radius 3 is 2.89 bits per heavy atom. The van der Waals surface area contributed by atoms with Crippen LogP contribution in [0.3, 0.4) is 0 Å². The maximum absolute atomic E-state index is 13.2. The summed E-state index contributed by atoms with van der Waals surface area (Å²) in [7, 11) is -3.80. The van der Waals surface area contributed by atoms with E-state index in [1.165, 1.54) is 16.4 Å². The standard InChI is InChI=1S/C18H21N3O5S/c1-12-16(22)20-14-10-13(4-5-15(14)26-12)27(24,25)21-9-3-7-18(11-21)6-2-8-19-17(18)23/h2,4-5,8,10,12H,3,6-7,9,11H2,1H3,(H,19,23)(H,20,22)/t12-,18-/m0/s1. The monoisotopic (exact) mass is 391 g/mol. The zero-order valence-corrected chi connectivity index (χ0v) is 15.7. The Morgan fingerprint density at radius 1 is 1.30 bits per heavy atom. The van der Waals surface area contributed by atoms with Gasteiger partial charge in [-0.3, -0.25) is 9.59 Å². The van der Waals surface area contributed by atoms with Gasteiger partial charge in [0.25, 0.3) is 5.91 Å². The Hall–Kier alpha value is -2.39. The molecule has 3 heterocycles. The maximum Gasteiger partial charge on any atom is 0.265 e. The van der Waals surface area contributed by atoms with E-state index in [0.717, 1.165) is 0 Å². The minimum atomic E-state index is -3.80. The van der Waals surface area contributed by atoms with Crippen LogP contribution < -0.4 is 15.4 Å². The molecule has 1 saturated heterocycles. The highest BCUT2D eigenvalue weighted by Gasteiger charge is 2.45. The first-order valence-electron chi connectivity index (χ1n) is 8.90. The Morgan fingerprint density at radius 2 is 2.11 bits per heavy atom. The Bertz CT molecular complexity index is 942. The van der Waals surface area contributed by atoms with Crippen LogP contribution in [0, 0.1) is 5.41 Å². The normalized spacial score (nSPS) is 28.3. The number of piperidine rings is 1. The number of fused-ring (bicyclic) bond motifs is 1. The lowest BCUT2D eigenvalue weighted by atomic mass is 9.76. The van der Waals surface area contributed by atoms with Crippen LogP contribution in [0.5, 0.6) is 5.75 Å². The lowest BCUT2D eigenvalue weighted by Crippen LogP contribution is -2.53. The van der Waals surface area contributed by atoms with E-state index < -0.39 is 21.5 Å². The number of rotatable bonds is 2. The lowest BCUT2D eigenvalue weighted by Gasteiger charge is -2.41. The molecule has 2 amide bonds. The van der Waals surface area contributed by atoms with Crippen molar-refractivity contribution in [3.63, 3.8) is 0 Å². The first-order valence-corrected chi connectivity index (χ1v) is 10.3. The molecule has 0 radical (unpaired) electrons. The molecule has 0 bridgehead atoms. The van der Waals surface area contributed by atoms with Crippen molar-refractivity contribution in [3.8, 4) is 5.75 Å². The lowest BCUT2D eigenvalue weighted by molar-refractivity contribution is -0.132. The van der Waals surface area contributed by atoms with Crippen LogP contribution in [-0.2, 0) is 19.6 Å². The molecule has 1 aromatic rings. The topological polar surface area (TPSA) is 105 Å². The van der Waals surface area contributed by atoms with Gasteiger partial charge in [0.2, 0.25) is 15.9 Å². The highest BCUT2D eigenvalue weighted by Crippen LogP contribution is 2.39. The van der Waals surface area contributed by atoms with Crippen LogP contribution >= 0.6 is 0 Å². The number of benzene rings is 1. The SMILES string of the molecule is C[C@@H]1Oc2ccc(S(=O)(=O)N3CCC[C@@]4(CC=CNC4=O)C3)cc2NC1=O. The molecule has 9 heteroatoms. The molecular formula is C18H21N3O5S. The molecule has 3 aliphatic heterocycles. The number of ether oxygens (including phenoxy) is 1. The molecule has 3 aliphatic rings. The van der Waals surface area contributed by atoms with Crippen LogP contribution in [0.15, 0.2) is 35.4 Å². The summed E-state index contributed by atoms with van der Waals surface area (Å²) in [4.78, 5) is 24.3. The first kappa shape index (κ1) is 18.0. The summed E-state index contributed by atoms with van der Waals surface area (Å²) < 4.78 is 33.2. The molecule has 2 atom stereocenters. The van der Waals surface area contributed by atoms with Crippen molar-refractivity contribution in [2.45, 2.75) is 37.2 Å². The first-order chi connectivity index (χ1) is 12.8. The smallest absolute Gasteiger partial charge is 0.265 e. The average molecular weight is 391 g/mol. The number of anilines is 1. The average Bonchev–Trinajstić information content (AvgIpc) is 2.65. The van der Waals surface area contributed by atoms with Crippen LogP contribution in [0.4, 0.5) is 5.69 Å². The highest BCUT2D eigenvalue weighted by molar-refractivity contribution is 7.89. The second-order valence-corrected chi connectivity index (χ2v) is 9.15. The third-order valence-corrected chi connectivity index (χ3v) is 7.23. The predicted molar refractivity (Wildman–Crippen MR) is 97.5 cm³/mol. The number of hydrogen-bond donors (Lipinski definition) is 2. The number of carbonyl (C=O) groups is 2. The summed E-state index contributed by atoms with van der Waals surface area (Å²) in [5.41, 5.74) is -0.384. The second-order valence-electron chi connectivity index (χ2n) is 7.21. The Balaban J connectivity index is 1.64. The summed E-state index contributed by atoms with van der Waals surface area (Å²) in [5.74, 6) is -0.0161. The fraction of sp³-hybridized carbons (Fsp3) is 0.444. The maximum atomic E-state index is 13.2. The van der Waals surface area contributed by atoms with Crippen LogP contribution in [0.25, 0.3) is 0 Å². The molecule has 1 spiro atoms. The van der Waals surface area contributed by atoms with E-state index in [1.54, 1.807) is 19.2 Å². The van der Waals surface area contributed by atoms with Crippen molar-refractivity contribution in [3.05, 3.63) is 30.5 Å². The minimum Gasteiger partial charge on any atom is -0.479 e. The number of nitrogens with zero attached hydrogens (tertiary/aromatic N) is 1. The third kappa shape index (κ3) is 3.00. The van der Waals surface area contributed by atoms with Gasteiger partial charge in [0.15, 0.2) is 6.10 Å². The molecule has 144 valence electrons. The molecule has 27 heavy (non-hydrogen) atoms. The van der Waals surface area contributed by atoms with E-state index >= 15 is 0 Å². The van der Waals surface area contributed by atoms with Crippen molar-refractivity contribution in [1.82, 2.24) is 9.62 Å². The van der Waals surface area contributed by atoms with E-state index in [9.17, 15) is 18.0 Å². The predicted octanol–water partition coefficient (Wildman–Crippen LogP) is 1.21. The summed E-state index contributed by atoms with van der Waals surface area (Å²) in [5, 5.41) is 5.37. The van der Waals surface area contributed by atoms with E-state index in [4.69, 9.17) is 4.74 Å². The molecular weight excluding hydrogens is 370 g/mol. The van der Waals surface area contributed by atoms with Gasteiger partial charge in [0.1, 0.15) is 5.75 Å². The van der Waals surface area contributed by atoms with E-state index in [2.05, 4.69) is 10.6 Å². The summed E-state index contributed by atoms with van der Waals surface area (Å²) in [6.45, 7) is 2.13. The zero-order valence-electron chi connectivity index (χ0n) is 14.9. The van der Waals surface area contributed by atoms with Crippen molar-refractivity contribution in [2.75, 3.05) is 18.4 Å². The molecule has 0 aromatic heterocycles. The third-order valence-electron chi connectivity index (χ3n) is 5.38. The fourth-order valence-corrected chi connectivity index (χ4v) is 5.40. The van der Waals surface area contributed by atoms with Gasteiger partial charge >= 0.3 is 0 Å². The van der Waals surface area contributed by atoms with Crippen molar-refractivity contribution in [2.24, 2.45) is 5.41 Å². The van der Waals surface area contributed by atoms with Crippen LogP contribution in [-0.4, -0.2) is 43.7 Å². The molecule has 0 aliphatic carbocycles. The van der Waals surface area contributed by atoms with Gasteiger partial charge < -0.3 is 15.4 Å². The number of carbonyl (C=O) groups excluding carboxylic acids is 2. The summed E-state index contributed by atoms with van der Waals surface area (Å²) in [6, 6.07) is 4.44. The van der Waals surface area contributed by atoms with Crippen molar-refractivity contribution >= 4 is 27.5 Å². The van der Waals surface area contributed by atoms with E-state index in [0.29, 0.717) is 37.2 Å². The Labute approximate surface area is 157 Å². The van der Waals surface area contributed by atoms with E-state index in [-0.39, 0.29) is 23.3 Å². The largest absolute Gasteiger partial charge is 0.479 e. The molecule has 2 N–H and O–H groups in total. The number of nitrogens with one attached hydrogen (secondary N) is 2. The van der Waals surface area contributed by atoms with Gasteiger partial charge in [-0.25, -0.2) is 8.42 Å². The van der Waals surface area contributed by atoms with Crippen LogP contribution in [0.2, 0.25) is 0 Å². The van der Waals surface area contributed by atoms with Gasteiger partial charge in [-0.2, -0.15) is 4.31 Å². The van der Waals surface area contributed by atoms with Gasteiger partial charge in [-0.05, 0) is 50.6 Å². The van der Waals surface area contributed by atoms with Gasteiger partial charge in [0.05, 0.1) is 16.0 Å². The minimum absolute atomic E-state index is 0.0727. The highest BCUT2D eigenvalue weighted by atomic mass is 32.2. The number of allylic oxidation sites excluding steroid dienone is 1. The molecule has 1 aromatic carbocycles. The van der Waals surface area contributed by atoms with Gasteiger partial charge in [0, 0.05) is 13.1 Å². The van der Waals surface area contributed by atoms with Crippen LogP contribution in [0.1, 0.15) is 26.2 Å². The van der Waals surface area contributed by atoms with E-state index in [1.807, 2.05) is 6.08 Å². The quantitative estimate of drug-likeness (QED) is 0.789. The molecule has 1 fully saturated rings. The molecule has 0 saturated carbocycles. The summed E-state index contributed by atoms with van der Waals surface area (Å²) >= 11 is 0. The number of amides is 2. The second kappa shape index (κ2) is 6.35. The van der Waals surface area contributed by atoms with Gasteiger partial charge in [-0.15, -0.1) is 0 Å². The Kier molecular flexibility index (Phi) is 4.23.